The summed E-state index contributed by atoms with van der Waals surface area (Å²) in [6.07, 6.45) is 6.79. The molecule has 6 atom stereocenters. The Hall–Kier alpha value is -2.17. The summed E-state index contributed by atoms with van der Waals surface area (Å²) in [5.74, 6) is 1.72. The van der Waals surface area contributed by atoms with Crippen molar-refractivity contribution in [2.45, 2.75) is 72.3 Å². The van der Waals surface area contributed by atoms with Gasteiger partial charge >= 0.3 is 0 Å². The molecule has 0 bridgehead atoms. The lowest BCUT2D eigenvalue weighted by molar-refractivity contribution is -0.138. The van der Waals surface area contributed by atoms with Gasteiger partial charge in [0.15, 0.2) is 0 Å². The summed E-state index contributed by atoms with van der Waals surface area (Å²) in [5, 5.41) is 3.05. The molecule has 0 radical (unpaired) electrons. The number of likely N-dealkylation sites (tertiary alicyclic amines) is 1. The molecule has 5 heteroatoms. The van der Waals surface area contributed by atoms with Crippen molar-refractivity contribution in [3.63, 3.8) is 0 Å². The molecular weight excluding hydrogens is 415 g/mol. The number of carbonyl (C=O) groups is 2. The lowest BCUT2D eigenvalue weighted by Crippen LogP contribution is -2.55. The van der Waals surface area contributed by atoms with Crippen LogP contribution in [0.1, 0.15) is 71.3 Å². The molecule has 33 heavy (non-hydrogen) atoms. The first-order valence-electron chi connectivity index (χ1n) is 12.6. The average molecular weight is 453 g/mol. The van der Waals surface area contributed by atoms with Crippen molar-refractivity contribution >= 4 is 11.8 Å². The minimum Gasteiger partial charge on any atom is -0.352 e. The number of fused-ring (bicyclic) bond motifs is 5. The van der Waals surface area contributed by atoms with Crippen molar-refractivity contribution in [1.82, 2.24) is 10.2 Å². The van der Waals surface area contributed by atoms with Gasteiger partial charge in [-0.05, 0) is 74.7 Å². The second-order valence-electron chi connectivity index (χ2n) is 11.6. The van der Waals surface area contributed by atoms with Gasteiger partial charge < -0.3 is 10.2 Å². The number of allylic oxidation sites excluding steroid dienone is 2. The molecule has 4 nitrogen and oxygen atoms in total. The summed E-state index contributed by atoms with van der Waals surface area (Å²) in [6, 6.07) is 6.66. The van der Waals surface area contributed by atoms with Crippen LogP contribution in [0.3, 0.4) is 0 Å². The van der Waals surface area contributed by atoms with Crippen LogP contribution < -0.4 is 5.32 Å². The zero-order valence-corrected chi connectivity index (χ0v) is 20.4. The van der Waals surface area contributed by atoms with Gasteiger partial charge in [0.25, 0.3) is 0 Å². The van der Waals surface area contributed by atoms with Gasteiger partial charge in [0.1, 0.15) is 5.82 Å². The van der Waals surface area contributed by atoms with Gasteiger partial charge in [0.2, 0.25) is 11.8 Å². The van der Waals surface area contributed by atoms with Crippen LogP contribution in [0.15, 0.2) is 35.5 Å². The molecule has 1 aromatic rings. The maximum Gasteiger partial charge on any atom is 0.226 e. The second kappa shape index (κ2) is 7.95. The fraction of sp³-hybridized carbons (Fsp3) is 0.643. The third kappa shape index (κ3) is 3.37. The predicted molar refractivity (Wildman–Crippen MR) is 126 cm³/mol. The van der Waals surface area contributed by atoms with E-state index < -0.39 is 0 Å². The number of hydrogen-bond donors (Lipinski definition) is 1. The number of nitrogens with zero attached hydrogens (tertiary/aromatic N) is 1. The van der Waals surface area contributed by atoms with E-state index in [2.05, 4.69) is 26.1 Å². The van der Waals surface area contributed by atoms with Crippen molar-refractivity contribution in [2.75, 3.05) is 7.05 Å². The molecule has 3 fully saturated rings. The molecule has 0 spiro atoms. The summed E-state index contributed by atoms with van der Waals surface area (Å²) in [4.78, 5) is 27.7. The monoisotopic (exact) mass is 452 g/mol. The van der Waals surface area contributed by atoms with Crippen molar-refractivity contribution in [3.05, 3.63) is 46.9 Å². The summed E-state index contributed by atoms with van der Waals surface area (Å²) in [6.45, 7) is 7.19. The molecule has 1 aromatic carbocycles. The van der Waals surface area contributed by atoms with Gasteiger partial charge in [-0.2, -0.15) is 0 Å². The standard InChI is InChI=1S/C28H37FN2O2/c1-17-15-19-20-9-10-22(26(33)30-16-18-7-5-6-8-23(18)29)27(20,2)13-11-21(19)28(3)14-12-24(32)31(4)25(17)28/h5-8,19-22H,9-16H2,1-4H3,(H,30,33)/t19-,20-,21+,22?,27-,28+/m0/s1. The largest absolute Gasteiger partial charge is 0.352 e. The highest BCUT2D eigenvalue weighted by Crippen LogP contribution is 2.66. The number of amides is 2. The second-order valence-corrected chi connectivity index (χ2v) is 11.6. The normalized spacial score (nSPS) is 38.0. The highest BCUT2D eigenvalue weighted by Gasteiger charge is 2.61. The van der Waals surface area contributed by atoms with Gasteiger partial charge in [-0.1, -0.05) is 37.6 Å². The van der Waals surface area contributed by atoms with Crippen LogP contribution in [0.2, 0.25) is 0 Å². The van der Waals surface area contributed by atoms with Crippen LogP contribution in [-0.4, -0.2) is 23.8 Å². The summed E-state index contributed by atoms with van der Waals surface area (Å²) in [7, 11) is 1.96. The topological polar surface area (TPSA) is 49.4 Å². The number of benzene rings is 1. The molecule has 1 heterocycles. The van der Waals surface area contributed by atoms with Crippen LogP contribution in [0.5, 0.6) is 0 Å². The first-order chi connectivity index (χ1) is 15.7. The number of nitrogens with one attached hydrogen (secondary N) is 1. The molecule has 178 valence electrons. The average Bonchev–Trinajstić information content (AvgIpc) is 3.13. The van der Waals surface area contributed by atoms with E-state index in [1.165, 1.54) is 17.3 Å². The Morgan fingerprint density at radius 1 is 1.15 bits per heavy atom. The number of hydrogen-bond acceptors (Lipinski definition) is 2. The van der Waals surface area contributed by atoms with Crippen LogP contribution in [0, 0.1) is 40.3 Å². The quantitative estimate of drug-likeness (QED) is 0.664. The van der Waals surface area contributed by atoms with E-state index in [9.17, 15) is 14.0 Å². The minimum absolute atomic E-state index is 0.00891. The minimum atomic E-state index is -0.265. The van der Waals surface area contributed by atoms with Gasteiger partial charge in [-0.15, -0.1) is 0 Å². The lowest BCUT2D eigenvalue weighted by Gasteiger charge is -2.59. The molecule has 0 aromatic heterocycles. The van der Waals surface area contributed by atoms with E-state index in [1.54, 1.807) is 12.1 Å². The van der Waals surface area contributed by atoms with E-state index in [0.29, 0.717) is 29.7 Å². The Morgan fingerprint density at radius 3 is 2.67 bits per heavy atom. The first kappa shape index (κ1) is 22.6. The number of rotatable bonds is 3. The highest BCUT2D eigenvalue weighted by atomic mass is 19.1. The third-order valence-corrected chi connectivity index (χ3v) is 10.0. The zero-order valence-electron chi connectivity index (χ0n) is 20.4. The first-order valence-corrected chi connectivity index (χ1v) is 12.6. The molecule has 2 amide bonds. The Bertz CT molecular complexity index is 1020. The summed E-state index contributed by atoms with van der Waals surface area (Å²) >= 11 is 0. The smallest absolute Gasteiger partial charge is 0.226 e. The molecule has 1 aliphatic heterocycles. The molecule has 1 unspecified atom stereocenters. The Balaban J connectivity index is 1.37. The van der Waals surface area contributed by atoms with Crippen molar-refractivity contribution in [2.24, 2.45) is 34.5 Å². The Morgan fingerprint density at radius 2 is 1.91 bits per heavy atom. The number of halogens is 1. The number of piperidine rings is 1. The lowest BCUT2D eigenvalue weighted by atomic mass is 9.48. The molecule has 1 N–H and O–H groups in total. The fourth-order valence-corrected chi connectivity index (χ4v) is 8.49. The van der Waals surface area contributed by atoms with Crippen molar-refractivity contribution < 1.29 is 14.0 Å². The highest BCUT2D eigenvalue weighted by molar-refractivity contribution is 5.80. The summed E-state index contributed by atoms with van der Waals surface area (Å²) in [5.41, 5.74) is 3.23. The van der Waals surface area contributed by atoms with Crippen LogP contribution in [-0.2, 0) is 16.1 Å². The fourth-order valence-electron chi connectivity index (χ4n) is 8.49. The van der Waals surface area contributed by atoms with E-state index >= 15 is 0 Å². The third-order valence-electron chi connectivity index (χ3n) is 10.0. The van der Waals surface area contributed by atoms with Crippen LogP contribution in [0.4, 0.5) is 4.39 Å². The Kier molecular flexibility index (Phi) is 5.45. The Labute approximate surface area is 197 Å². The molecule has 1 saturated heterocycles. The van der Waals surface area contributed by atoms with E-state index in [1.807, 2.05) is 18.0 Å². The molecule has 2 saturated carbocycles. The zero-order chi connectivity index (χ0) is 23.5. The van der Waals surface area contributed by atoms with E-state index in [0.717, 1.165) is 38.5 Å². The van der Waals surface area contributed by atoms with E-state index in [4.69, 9.17) is 0 Å². The van der Waals surface area contributed by atoms with Gasteiger partial charge in [-0.3, -0.25) is 9.59 Å². The predicted octanol–water partition coefficient (Wildman–Crippen LogP) is 5.44. The maximum atomic E-state index is 14.0. The van der Waals surface area contributed by atoms with Gasteiger partial charge in [0, 0.05) is 42.6 Å². The molecule has 3 aliphatic carbocycles. The van der Waals surface area contributed by atoms with Gasteiger partial charge in [0.05, 0.1) is 0 Å². The van der Waals surface area contributed by atoms with E-state index in [-0.39, 0.29) is 40.9 Å². The van der Waals surface area contributed by atoms with Crippen molar-refractivity contribution in [1.29, 1.82) is 0 Å². The summed E-state index contributed by atoms with van der Waals surface area (Å²) < 4.78 is 14.0. The van der Waals surface area contributed by atoms with Crippen LogP contribution >= 0.6 is 0 Å². The van der Waals surface area contributed by atoms with Crippen molar-refractivity contribution in [3.8, 4) is 0 Å². The molecule has 4 aliphatic rings. The molecule has 5 rings (SSSR count). The van der Waals surface area contributed by atoms with Crippen LogP contribution in [0.25, 0.3) is 0 Å². The number of carbonyl (C=O) groups excluding carboxylic acids is 2. The molecular formula is C28H37FN2O2. The SMILES string of the molecule is CC1=C2N(C)C(=O)CC[C@]2(C)[C@@H]2CC[C@]3(C)C(C(=O)NCc4ccccc4F)CC[C@H]3[C@@H]2C1. The maximum absolute atomic E-state index is 14.0. The van der Waals surface area contributed by atoms with Gasteiger partial charge in [-0.25, -0.2) is 4.39 Å².